The van der Waals surface area contributed by atoms with E-state index in [1.54, 1.807) is 24.8 Å². The van der Waals surface area contributed by atoms with Crippen molar-refractivity contribution in [3.63, 3.8) is 0 Å². The minimum absolute atomic E-state index is 0.198. The lowest BCUT2D eigenvalue weighted by Crippen LogP contribution is -2.12. The summed E-state index contributed by atoms with van der Waals surface area (Å²) in [6.07, 6.45) is 4.33. The maximum absolute atomic E-state index is 12.1. The van der Waals surface area contributed by atoms with Gasteiger partial charge in [0.1, 0.15) is 0 Å². The Morgan fingerprint density at radius 1 is 0.952 bits per heavy atom. The smallest absolute Gasteiger partial charge is 0.255 e. The van der Waals surface area contributed by atoms with Gasteiger partial charge in [-0.25, -0.2) is 18.7 Å². The number of rotatable bonds is 4. The second-order valence-corrected chi connectivity index (χ2v) is 4.50. The minimum Gasteiger partial charge on any atom is -0.348 e. The first-order valence-electron chi connectivity index (χ1n) is 6.40. The average molecular weight is 286 g/mol. The van der Waals surface area contributed by atoms with Crippen LogP contribution >= 0.6 is 0 Å². The Balaban J connectivity index is 1.85. The zero-order valence-electron chi connectivity index (χ0n) is 11.0. The molecule has 2 heterocycles. The van der Waals surface area contributed by atoms with Crippen LogP contribution in [0.5, 0.6) is 0 Å². The first-order valence-corrected chi connectivity index (χ1v) is 6.40. The number of halogens is 2. The van der Waals surface area contributed by atoms with Gasteiger partial charge in [0.25, 0.3) is 6.43 Å². The normalized spacial score (nSPS) is 11.0. The largest absolute Gasteiger partial charge is 0.348 e. The van der Waals surface area contributed by atoms with Gasteiger partial charge in [0.05, 0.1) is 6.54 Å². The van der Waals surface area contributed by atoms with E-state index in [1.807, 2.05) is 24.3 Å². The number of nitrogens with one attached hydrogen (secondary N) is 1. The average Bonchev–Trinajstić information content (AvgIpc) is 2.53. The Kier molecular flexibility index (Phi) is 3.68. The number of benzene rings is 1. The molecule has 4 nitrogen and oxygen atoms in total. The number of anilines is 1. The van der Waals surface area contributed by atoms with E-state index in [4.69, 9.17) is 0 Å². The van der Waals surface area contributed by atoms with Gasteiger partial charge in [-0.05, 0) is 23.1 Å². The molecule has 0 amide bonds. The van der Waals surface area contributed by atoms with Crippen molar-refractivity contribution in [3.8, 4) is 11.1 Å². The molecule has 3 rings (SSSR count). The lowest BCUT2D eigenvalue weighted by atomic mass is 10.1. The number of hydrogen-bond acceptors (Lipinski definition) is 4. The number of pyridine rings is 1. The first-order chi connectivity index (χ1) is 10.2. The van der Waals surface area contributed by atoms with E-state index in [2.05, 4.69) is 20.3 Å². The molecule has 0 saturated heterocycles. The van der Waals surface area contributed by atoms with Gasteiger partial charge in [0, 0.05) is 35.7 Å². The van der Waals surface area contributed by atoms with E-state index < -0.39 is 13.0 Å². The Morgan fingerprint density at radius 3 is 2.52 bits per heavy atom. The predicted octanol–water partition coefficient (Wildman–Crippen LogP) is 3.37. The van der Waals surface area contributed by atoms with Crippen LogP contribution in [0.4, 0.5) is 14.7 Å². The van der Waals surface area contributed by atoms with E-state index in [9.17, 15) is 8.78 Å². The molecule has 1 aromatic carbocycles. The van der Waals surface area contributed by atoms with Gasteiger partial charge in [-0.15, -0.1) is 0 Å². The molecule has 0 saturated carbocycles. The molecule has 0 aliphatic carbocycles. The summed E-state index contributed by atoms with van der Waals surface area (Å²) in [5.41, 5.74) is 1.80. The van der Waals surface area contributed by atoms with Crippen molar-refractivity contribution in [1.82, 2.24) is 15.0 Å². The maximum atomic E-state index is 12.1. The van der Waals surface area contributed by atoms with Crippen LogP contribution in [0.15, 0.2) is 49.1 Å². The van der Waals surface area contributed by atoms with Crippen molar-refractivity contribution in [2.75, 3.05) is 11.9 Å². The molecule has 3 aromatic rings. The summed E-state index contributed by atoms with van der Waals surface area (Å²) in [5, 5.41) is 4.60. The molecule has 0 fully saturated rings. The van der Waals surface area contributed by atoms with Crippen LogP contribution in [0.1, 0.15) is 0 Å². The number of hydrogen-bond donors (Lipinski definition) is 1. The van der Waals surface area contributed by atoms with Gasteiger partial charge in [-0.1, -0.05) is 12.1 Å². The van der Waals surface area contributed by atoms with E-state index in [0.29, 0.717) is 0 Å². The summed E-state index contributed by atoms with van der Waals surface area (Å²) in [5.74, 6) is 0.198. The van der Waals surface area contributed by atoms with Crippen molar-refractivity contribution in [2.24, 2.45) is 0 Å². The van der Waals surface area contributed by atoms with Crippen molar-refractivity contribution in [1.29, 1.82) is 0 Å². The fraction of sp³-hybridized carbons (Fsp3) is 0.133. The molecule has 1 N–H and O–H groups in total. The van der Waals surface area contributed by atoms with Crippen LogP contribution in [-0.2, 0) is 0 Å². The fourth-order valence-corrected chi connectivity index (χ4v) is 2.00. The van der Waals surface area contributed by atoms with Crippen molar-refractivity contribution >= 4 is 16.7 Å². The molecule has 0 aliphatic rings. The second kappa shape index (κ2) is 5.78. The number of aromatic nitrogens is 3. The highest BCUT2D eigenvalue weighted by Crippen LogP contribution is 2.23. The molecule has 106 valence electrons. The molecule has 0 bridgehead atoms. The lowest BCUT2D eigenvalue weighted by molar-refractivity contribution is 0.163. The molecular formula is C15H12F2N4. The van der Waals surface area contributed by atoms with E-state index in [-0.39, 0.29) is 5.95 Å². The third-order valence-electron chi connectivity index (χ3n) is 3.04. The topological polar surface area (TPSA) is 50.7 Å². The van der Waals surface area contributed by atoms with Crippen LogP contribution in [-0.4, -0.2) is 27.9 Å². The third-order valence-corrected chi connectivity index (χ3v) is 3.04. The van der Waals surface area contributed by atoms with Gasteiger partial charge in [0.2, 0.25) is 5.95 Å². The molecular weight excluding hydrogens is 274 g/mol. The lowest BCUT2D eigenvalue weighted by Gasteiger charge is -2.06. The molecule has 0 unspecified atom stereocenters. The molecule has 0 spiro atoms. The van der Waals surface area contributed by atoms with Crippen LogP contribution in [0.2, 0.25) is 0 Å². The minimum atomic E-state index is -2.43. The summed E-state index contributed by atoms with van der Waals surface area (Å²) in [4.78, 5) is 12.1. The summed E-state index contributed by atoms with van der Waals surface area (Å²) < 4.78 is 24.2. The van der Waals surface area contributed by atoms with Crippen LogP contribution < -0.4 is 5.32 Å². The summed E-state index contributed by atoms with van der Waals surface area (Å²) in [6.45, 7) is -0.456. The van der Waals surface area contributed by atoms with Gasteiger partial charge in [-0.2, -0.15) is 0 Å². The van der Waals surface area contributed by atoms with Crippen molar-refractivity contribution < 1.29 is 8.78 Å². The Bertz CT molecular complexity index is 744. The zero-order chi connectivity index (χ0) is 14.7. The van der Waals surface area contributed by atoms with Crippen LogP contribution in [0.25, 0.3) is 21.9 Å². The fourth-order valence-electron chi connectivity index (χ4n) is 2.00. The van der Waals surface area contributed by atoms with Crippen molar-refractivity contribution in [3.05, 3.63) is 49.1 Å². The Labute approximate surface area is 119 Å². The first kappa shape index (κ1) is 13.4. The van der Waals surface area contributed by atoms with Gasteiger partial charge in [0.15, 0.2) is 0 Å². The maximum Gasteiger partial charge on any atom is 0.255 e. The monoisotopic (exact) mass is 286 g/mol. The number of nitrogens with zero attached hydrogens (tertiary/aromatic N) is 3. The highest BCUT2D eigenvalue weighted by Gasteiger charge is 2.05. The van der Waals surface area contributed by atoms with Gasteiger partial charge in [-0.3, -0.25) is 4.98 Å². The van der Waals surface area contributed by atoms with E-state index in [1.165, 1.54) is 0 Å². The van der Waals surface area contributed by atoms with E-state index >= 15 is 0 Å². The summed E-state index contributed by atoms with van der Waals surface area (Å²) >= 11 is 0. The zero-order valence-corrected chi connectivity index (χ0v) is 11.0. The van der Waals surface area contributed by atoms with Gasteiger partial charge < -0.3 is 5.32 Å². The summed E-state index contributed by atoms with van der Waals surface area (Å²) in [6, 6.07) is 7.87. The molecule has 0 atom stereocenters. The molecule has 2 aromatic heterocycles. The highest BCUT2D eigenvalue weighted by atomic mass is 19.3. The highest BCUT2D eigenvalue weighted by molar-refractivity contribution is 5.86. The summed E-state index contributed by atoms with van der Waals surface area (Å²) in [7, 11) is 0. The van der Waals surface area contributed by atoms with E-state index in [0.717, 1.165) is 21.9 Å². The SMILES string of the molecule is FC(F)CNc1ncc(-c2ccc3cnccc3c2)cn1. The quantitative estimate of drug-likeness (QED) is 0.799. The molecule has 6 heteroatoms. The second-order valence-electron chi connectivity index (χ2n) is 4.50. The molecule has 0 radical (unpaired) electrons. The van der Waals surface area contributed by atoms with Crippen molar-refractivity contribution in [2.45, 2.75) is 6.43 Å². The number of alkyl halides is 2. The third kappa shape index (κ3) is 3.10. The van der Waals surface area contributed by atoms with Crippen LogP contribution in [0, 0.1) is 0 Å². The Morgan fingerprint density at radius 2 is 1.76 bits per heavy atom. The Hall–Kier alpha value is -2.63. The molecule has 0 aliphatic heterocycles. The number of fused-ring (bicyclic) bond motifs is 1. The van der Waals surface area contributed by atoms with Gasteiger partial charge >= 0.3 is 0 Å². The van der Waals surface area contributed by atoms with Crippen LogP contribution in [0.3, 0.4) is 0 Å². The predicted molar refractivity (Wildman–Crippen MR) is 77.3 cm³/mol. The standard InChI is InChI=1S/C15H12F2N4/c16-14(17)9-21-15-19-7-13(8-20-15)10-1-2-12-6-18-4-3-11(12)5-10/h1-8,14H,9H2,(H,19,20,21). The molecule has 21 heavy (non-hydrogen) atoms.